The van der Waals surface area contributed by atoms with Gasteiger partial charge in [-0.05, 0) is 37.4 Å². The van der Waals surface area contributed by atoms with Gasteiger partial charge < -0.3 is 5.32 Å². The molecule has 0 aliphatic rings. The third-order valence-electron chi connectivity index (χ3n) is 2.82. The number of rotatable bonds is 6. The van der Waals surface area contributed by atoms with Crippen molar-refractivity contribution in [1.29, 1.82) is 0 Å². The number of benzene rings is 1. The minimum atomic E-state index is 0.262. The Morgan fingerprint density at radius 2 is 2.24 bits per heavy atom. The van der Waals surface area contributed by atoms with Crippen LogP contribution in [0.1, 0.15) is 43.4 Å². The maximum atomic E-state index is 6.35. The van der Waals surface area contributed by atoms with Gasteiger partial charge in [0.15, 0.2) is 0 Å². The summed E-state index contributed by atoms with van der Waals surface area (Å²) in [6, 6.07) is 6.43. The molecule has 1 rings (SSSR count). The molecule has 1 unspecified atom stereocenters. The van der Waals surface area contributed by atoms with E-state index in [4.69, 9.17) is 18.0 Å². The van der Waals surface area contributed by atoms with Crippen LogP contribution in [0.3, 0.4) is 0 Å². The van der Waals surface area contributed by atoms with Gasteiger partial charge in [0.1, 0.15) is 0 Å². The third-order valence-corrected chi connectivity index (χ3v) is 3.33. The lowest BCUT2D eigenvalue weighted by Gasteiger charge is -2.20. The van der Waals surface area contributed by atoms with Crippen LogP contribution >= 0.6 is 11.6 Å². The summed E-state index contributed by atoms with van der Waals surface area (Å²) in [5.74, 6) is 2.70. The Bertz CT molecular complexity index is 392. The number of nitrogens with one attached hydrogen (secondary N) is 1. The number of hydrogen-bond acceptors (Lipinski definition) is 1. The predicted octanol–water partition coefficient (Wildman–Crippen LogP) is 4.10. The van der Waals surface area contributed by atoms with Gasteiger partial charge in [-0.25, -0.2) is 0 Å². The molecular weight excluding hydrogens is 230 g/mol. The van der Waals surface area contributed by atoms with Gasteiger partial charge in [-0.1, -0.05) is 36.7 Å². The SMILES string of the molecule is C#CCCC(NCCC)c1cccc(C)c1Cl. The Morgan fingerprint density at radius 1 is 1.47 bits per heavy atom. The monoisotopic (exact) mass is 249 g/mol. The zero-order valence-corrected chi connectivity index (χ0v) is 11.3. The normalized spacial score (nSPS) is 12.1. The molecule has 0 spiro atoms. The highest BCUT2D eigenvalue weighted by atomic mass is 35.5. The summed E-state index contributed by atoms with van der Waals surface area (Å²) in [5, 5.41) is 4.37. The van der Waals surface area contributed by atoms with Crippen molar-refractivity contribution in [2.45, 2.75) is 39.2 Å². The van der Waals surface area contributed by atoms with Crippen LogP contribution in [0.25, 0.3) is 0 Å². The first-order valence-electron chi connectivity index (χ1n) is 6.12. The molecule has 1 aromatic rings. The average Bonchev–Trinajstić information content (AvgIpc) is 2.34. The minimum absolute atomic E-state index is 0.262. The zero-order chi connectivity index (χ0) is 12.7. The second-order valence-corrected chi connectivity index (χ2v) is 4.61. The Balaban J connectivity index is 2.87. The van der Waals surface area contributed by atoms with Gasteiger partial charge in [0, 0.05) is 17.5 Å². The lowest BCUT2D eigenvalue weighted by atomic mass is 10.00. The summed E-state index contributed by atoms with van der Waals surface area (Å²) in [6.07, 6.45) is 8.15. The predicted molar refractivity (Wildman–Crippen MR) is 75.3 cm³/mol. The molecule has 0 heterocycles. The molecular formula is C15H20ClN. The highest BCUT2D eigenvalue weighted by Crippen LogP contribution is 2.28. The molecule has 0 aromatic heterocycles. The lowest BCUT2D eigenvalue weighted by Crippen LogP contribution is -2.22. The maximum absolute atomic E-state index is 6.35. The van der Waals surface area contributed by atoms with E-state index in [-0.39, 0.29) is 6.04 Å². The molecule has 17 heavy (non-hydrogen) atoms. The van der Waals surface area contributed by atoms with E-state index in [0.717, 1.165) is 42.0 Å². The van der Waals surface area contributed by atoms with Crippen LogP contribution in [0, 0.1) is 19.3 Å². The average molecular weight is 250 g/mol. The number of hydrogen-bond donors (Lipinski definition) is 1. The van der Waals surface area contributed by atoms with Gasteiger partial charge in [-0.3, -0.25) is 0 Å². The molecule has 1 N–H and O–H groups in total. The molecule has 0 aliphatic carbocycles. The van der Waals surface area contributed by atoms with Crippen LogP contribution in [-0.4, -0.2) is 6.54 Å². The fraction of sp³-hybridized carbons (Fsp3) is 0.467. The van der Waals surface area contributed by atoms with Crippen molar-refractivity contribution in [3.63, 3.8) is 0 Å². The van der Waals surface area contributed by atoms with E-state index in [1.807, 2.05) is 19.1 Å². The molecule has 0 saturated heterocycles. The van der Waals surface area contributed by atoms with Crippen molar-refractivity contribution in [2.75, 3.05) is 6.54 Å². The van der Waals surface area contributed by atoms with Crippen molar-refractivity contribution in [2.24, 2.45) is 0 Å². The maximum Gasteiger partial charge on any atom is 0.0482 e. The molecule has 0 aliphatic heterocycles. The Morgan fingerprint density at radius 3 is 2.88 bits per heavy atom. The van der Waals surface area contributed by atoms with Crippen molar-refractivity contribution in [3.05, 3.63) is 34.3 Å². The van der Waals surface area contributed by atoms with Crippen LogP contribution in [0.2, 0.25) is 5.02 Å². The van der Waals surface area contributed by atoms with E-state index in [0.29, 0.717) is 0 Å². The molecule has 2 heteroatoms. The van der Waals surface area contributed by atoms with Crippen molar-refractivity contribution < 1.29 is 0 Å². The molecule has 1 aromatic carbocycles. The smallest absolute Gasteiger partial charge is 0.0482 e. The summed E-state index contributed by atoms with van der Waals surface area (Å²) in [4.78, 5) is 0. The fourth-order valence-electron chi connectivity index (χ4n) is 1.85. The summed E-state index contributed by atoms with van der Waals surface area (Å²) in [7, 11) is 0. The Labute approximate surface area is 110 Å². The van der Waals surface area contributed by atoms with Crippen molar-refractivity contribution in [3.8, 4) is 12.3 Å². The number of aryl methyl sites for hydroxylation is 1. The molecule has 0 saturated carbocycles. The van der Waals surface area contributed by atoms with Gasteiger partial charge >= 0.3 is 0 Å². The van der Waals surface area contributed by atoms with E-state index < -0.39 is 0 Å². The van der Waals surface area contributed by atoms with Crippen molar-refractivity contribution >= 4 is 11.6 Å². The molecule has 0 fully saturated rings. The highest BCUT2D eigenvalue weighted by molar-refractivity contribution is 6.32. The first-order valence-corrected chi connectivity index (χ1v) is 6.50. The molecule has 0 radical (unpaired) electrons. The van der Waals surface area contributed by atoms with Crippen molar-refractivity contribution in [1.82, 2.24) is 5.32 Å². The van der Waals surface area contributed by atoms with Crippen LogP contribution in [0.5, 0.6) is 0 Å². The van der Waals surface area contributed by atoms with Gasteiger partial charge in [0.05, 0.1) is 0 Å². The van der Waals surface area contributed by atoms with Gasteiger partial charge in [-0.15, -0.1) is 12.3 Å². The van der Waals surface area contributed by atoms with Crippen LogP contribution in [0.15, 0.2) is 18.2 Å². The van der Waals surface area contributed by atoms with E-state index in [1.165, 1.54) is 0 Å². The summed E-state index contributed by atoms with van der Waals surface area (Å²) >= 11 is 6.35. The molecule has 92 valence electrons. The first-order chi connectivity index (χ1) is 8.20. The number of halogens is 1. The number of terminal acetylenes is 1. The quantitative estimate of drug-likeness (QED) is 0.749. The molecule has 1 atom stereocenters. The summed E-state index contributed by atoms with van der Waals surface area (Å²) < 4.78 is 0. The largest absolute Gasteiger partial charge is 0.310 e. The Kier molecular flexibility index (Phi) is 6.11. The summed E-state index contributed by atoms with van der Waals surface area (Å²) in [6.45, 7) is 5.17. The van der Waals surface area contributed by atoms with E-state index in [1.54, 1.807) is 0 Å². The van der Waals surface area contributed by atoms with Gasteiger partial charge in [-0.2, -0.15) is 0 Å². The second kappa shape index (κ2) is 7.37. The van der Waals surface area contributed by atoms with E-state index in [2.05, 4.69) is 24.2 Å². The standard InChI is InChI=1S/C15H20ClN/c1-4-6-10-14(17-11-5-2)13-9-7-8-12(3)15(13)16/h1,7-9,14,17H,5-6,10-11H2,2-3H3. The molecule has 1 nitrogen and oxygen atoms in total. The lowest BCUT2D eigenvalue weighted by molar-refractivity contribution is 0.505. The van der Waals surface area contributed by atoms with E-state index >= 15 is 0 Å². The first kappa shape index (κ1) is 14.1. The molecule has 0 amide bonds. The van der Waals surface area contributed by atoms with E-state index in [9.17, 15) is 0 Å². The Hall–Kier alpha value is -0.970. The highest BCUT2D eigenvalue weighted by Gasteiger charge is 2.14. The second-order valence-electron chi connectivity index (χ2n) is 4.23. The summed E-state index contributed by atoms with van der Waals surface area (Å²) in [5.41, 5.74) is 2.28. The third kappa shape index (κ3) is 4.07. The zero-order valence-electron chi connectivity index (χ0n) is 10.6. The van der Waals surface area contributed by atoms with Crippen LogP contribution < -0.4 is 5.32 Å². The van der Waals surface area contributed by atoms with Crippen LogP contribution in [0.4, 0.5) is 0 Å². The molecule has 0 bridgehead atoms. The fourth-order valence-corrected chi connectivity index (χ4v) is 2.11. The van der Waals surface area contributed by atoms with Crippen LogP contribution in [-0.2, 0) is 0 Å². The topological polar surface area (TPSA) is 12.0 Å². The van der Waals surface area contributed by atoms with Gasteiger partial charge in [0.25, 0.3) is 0 Å². The minimum Gasteiger partial charge on any atom is -0.310 e. The van der Waals surface area contributed by atoms with Gasteiger partial charge in [0.2, 0.25) is 0 Å².